The van der Waals surface area contributed by atoms with Gasteiger partial charge < -0.3 is 14.6 Å². The number of rotatable bonds is 5. The molecule has 0 aliphatic carbocycles. The number of nitrogens with zero attached hydrogens (tertiary/aromatic N) is 2. The summed E-state index contributed by atoms with van der Waals surface area (Å²) < 4.78 is 44.7. The second-order valence-electron chi connectivity index (χ2n) is 7.71. The second-order valence-corrected chi connectivity index (χ2v) is 7.71. The third-order valence-electron chi connectivity index (χ3n) is 5.10. The Hall–Kier alpha value is -2.09. The van der Waals surface area contributed by atoms with E-state index in [0.717, 1.165) is 19.3 Å². The van der Waals surface area contributed by atoms with Crippen molar-refractivity contribution in [3.05, 3.63) is 29.6 Å². The van der Waals surface area contributed by atoms with Crippen molar-refractivity contribution < 1.29 is 22.7 Å². The maximum absolute atomic E-state index is 13.0. The van der Waals surface area contributed by atoms with Gasteiger partial charge >= 0.3 is 6.18 Å². The van der Waals surface area contributed by atoms with E-state index in [1.54, 1.807) is 4.90 Å². The number of amides is 1. The Bertz CT molecular complexity index is 832. The second kappa shape index (κ2) is 8.11. The molecule has 1 N–H and O–H groups in total. The standard InChI is InChI=1S/C20H26F3N3O2/c1-4-5-6-14-10-26(11-17(28-14)12(2)3)18(27)13-7-8-15-16(9-13)25-19(24-15)20(21,22)23/h7-9,12,14,17H,4-6,10-11H2,1-3H3,(H,24,25)/t14-,17-/m1/s1. The van der Waals surface area contributed by atoms with Gasteiger partial charge in [0.15, 0.2) is 0 Å². The lowest BCUT2D eigenvalue weighted by atomic mass is 10.0. The molecular formula is C20H26F3N3O2. The van der Waals surface area contributed by atoms with Crippen molar-refractivity contribution in [2.75, 3.05) is 13.1 Å². The van der Waals surface area contributed by atoms with E-state index < -0.39 is 12.0 Å². The zero-order valence-corrected chi connectivity index (χ0v) is 16.3. The molecular weight excluding hydrogens is 371 g/mol. The highest BCUT2D eigenvalue weighted by Gasteiger charge is 2.35. The summed E-state index contributed by atoms with van der Waals surface area (Å²) >= 11 is 0. The molecule has 1 saturated heterocycles. The normalized spacial score (nSPS) is 20.9. The topological polar surface area (TPSA) is 58.2 Å². The zero-order valence-electron chi connectivity index (χ0n) is 16.3. The molecule has 0 radical (unpaired) electrons. The molecule has 154 valence electrons. The summed E-state index contributed by atoms with van der Waals surface area (Å²) in [5.74, 6) is -0.984. The van der Waals surface area contributed by atoms with Crippen molar-refractivity contribution in [2.45, 2.75) is 58.4 Å². The molecule has 2 heterocycles. The van der Waals surface area contributed by atoms with E-state index in [0.29, 0.717) is 18.7 Å². The molecule has 1 aliphatic heterocycles. The molecule has 2 atom stereocenters. The smallest absolute Gasteiger partial charge is 0.371 e. The molecule has 8 heteroatoms. The highest BCUT2D eigenvalue weighted by molar-refractivity contribution is 5.97. The minimum Gasteiger partial charge on any atom is -0.371 e. The lowest BCUT2D eigenvalue weighted by molar-refractivity contribution is -0.144. The van der Waals surface area contributed by atoms with Gasteiger partial charge in [0.05, 0.1) is 23.2 Å². The average Bonchev–Trinajstić information content (AvgIpc) is 3.09. The number of carbonyl (C=O) groups is 1. The van der Waals surface area contributed by atoms with Crippen molar-refractivity contribution >= 4 is 16.9 Å². The van der Waals surface area contributed by atoms with Crippen LogP contribution in [0.5, 0.6) is 0 Å². The van der Waals surface area contributed by atoms with Crippen LogP contribution in [0.3, 0.4) is 0 Å². The van der Waals surface area contributed by atoms with Crippen LogP contribution in [-0.2, 0) is 10.9 Å². The minimum atomic E-state index is -4.55. The number of morpholine rings is 1. The highest BCUT2D eigenvalue weighted by Crippen LogP contribution is 2.29. The monoisotopic (exact) mass is 397 g/mol. The van der Waals surface area contributed by atoms with Crippen LogP contribution in [0.15, 0.2) is 18.2 Å². The summed E-state index contributed by atoms with van der Waals surface area (Å²) in [5, 5.41) is 0. The fourth-order valence-corrected chi connectivity index (χ4v) is 3.46. The quantitative estimate of drug-likeness (QED) is 0.800. The fourth-order valence-electron chi connectivity index (χ4n) is 3.46. The number of imidazole rings is 1. The molecule has 0 saturated carbocycles. The Morgan fingerprint density at radius 2 is 2.11 bits per heavy atom. The maximum Gasteiger partial charge on any atom is 0.449 e. The van der Waals surface area contributed by atoms with Crippen LogP contribution in [-0.4, -0.2) is 46.1 Å². The molecule has 2 aromatic rings. The first-order chi connectivity index (χ1) is 13.2. The molecule has 1 aliphatic rings. The molecule has 0 spiro atoms. The first-order valence-corrected chi connectivity index (χ1v) is 9.70. The minimum absolute atomic E-state index is 0.0160. The Morgan fingerprint density at radius 3 is 2.75 bits per heavy atom. The number of halogens is 3. The van der Waals surface area contributed by atoms with Gasteiger partial charge in [-0.3, -0.25) is 4.79 Å². The predicted molar refractivity (Wildman–Crippen MR) is 100 cm³/mol. The van der Waals surface area contributed by atoms with Gasteiger partial charge in [-0.15, -0.1) is 0 Å². The van der Waals surface area contributed by atoms with E-state index in [4.69, 9.17) is 4.74 Å². The van der Waals surface area contributed by atoms with Gasteiger partial charge in [0, 0.05) is 18.7 Å². The number of hydrogen-bond acceptors (Lipinski definition) is 3. The van der Waals surface area contributed by atoms with E-state index in [1.807, 2.05) is 0 Å². The molecule has 1 aromatic heterocycles. The number of aromatic nitrogens is 2. The SMILES string of the molecule is CCCC[C@@H]1CN(C(=O)c2ccc3nc(C(F)(F)F)[nH]c3c2)C[C@H](C(C)C)O1. The number of ether oxygens (including phenoxy) is 1. The van der Waals surface area contributed by atoms with Gasteiger partial charge in [-0.25, -0.2) is 4.98 Å². The number of nitrogens with one attached hydrogen (secondary N) is 1. The summed E-state index contributed by atoms with van der Waals surface area (Å²) in [6, 6.07) is 4.43. The molecule has 0 bridgehead atoms. The highest BCUT2D eigenvalue weighted by atomic mass is 19.4. The van der Waals surface area contributed by atoms with E-state index >= 15 is 0 Å². The molecule has 5 nitrogen and oxygen atoms in total. The van der Waals surface area contributed by atoms with Gasteiger partial charge in [0.2, 0.25) is 5.82 Å². The van der Waals surface area contributed by atoms with Gasteiger partial charge in [-0.1, -0.05) is 33.6 Å². The van der Waals surface area contributed by atoms with Crippen molar-refractivity contribution in [3.8, 4) is 0 Å². The number of hydrogen-bond donors (Lipinski definition) is 1. The van der Waals surface area contributed by atoms with Crippen LogP contribution < -0.4 is 0 Å². The lowest BCUT2D eigenvalue weighted by Crippen LogP contribution is -2.51. The van der Waals surface area contributed by atoms with E-state index in [9.17, 15) is 18.0 Å². The molecule has 1 fully saturated rings. The van der Waals surface area contributed by atoms with E-state index in [-0.39, 0.29) is 35.1 Å². The Kier molecular flexibility index (Phi) is 5.98. The summed E-state index contributed by atoms with van der Waals surface area (Å²) in [5.41, 5.74) is 0.740. The third kappa shape index (κ3) is 4.48. The number of H-pyrrole nitrogens is 1. The van der Waals surface area contributed by atoms with Gasteiger partial charge in [0.25, 0.3) is 5.91 Å². The van der Waals surface area contributed by atoms with E-state index in [1.165, 1.54) is 18.2 Å². The van der Waals surface area contributed by atoms with Crippen LogP contribution >= 0.6 is 0 Å². The fraction of sp³-hybridized carbons (Fsp3) is 0.600. The van der Waals surface area contributed by atoms with Crippen LogP contribution in [0.1, 0.15) is 56.2 Å². The maximum atomic E-state index is 13.0. The first-order valence-electron chi connectivity index (χ1n) is 9.70. The molecule has 3 rings (SSSR count). The Balaban J connectivity index is 1.82. The molecule has 1 amide bonds. The van der Waals surface area contributed by atoms with Gasteiger partial charge in [-0.2, -0.15) is 13.2 Å². The Labute approximate surface area is 162 Å². The molecule has 1 aromatic carbocycles. The van der Waals surface area contributed by atoms with Crippen LogP contribution in [0.2, 0.25) is 0 Å². The molecule has 0 unspecified atom stereocenters. The average molecular weight is 397 g/mol. The summed E-state index contributed by atoms with van der Waals surface area (Å²) in [7, 11) is 0. The number of aromatic amines is 1. The van der Waals surface area contributed by atoms with E-state index in [2.05, 4.69) is 30.7 Å². The first kappa shape index (κ1) is 20.6. The van der Waals surface area contributed by atoms with Crippen LogP contribution in [0, 0.1) is 5.92 Å². The van der Waals surface area contributed by atoms with Gasteiger partial charge in [0.1, 0.15) is 0 Å². The number of benzene rings is 1. The zero-order chi connectivity index (χ0) is 20.5. The largest absolute Gasteiger partial charge is 0.449 e. The number of unbranched alkanes of at least 4 members (excludes halogenated alkanes) is 1. The van der Waals surface area contributed by atoms with Gasteiger partial charge in [-0.05, 0) is 30.5 Å². The number of alkyl halides is 3. The third-order valence-corrected chi connectivity index (χ3v) is 5.10. The van der Waals surface area contributed by atoms with Crippen molar-refractivity contribution in [3.63, 3.8) is 0 Å². The number of fused-ring (bicyclic) bond motifs is 1. The van der Waals surface area contributed by atoms with Crippen molar-refractivity contribution in [1.29, 1.82) is 0 Å². The molecule has 28 heavy (non-hydrogen) atoms. The summed E-state index contributed by atoms with van der Waals surface area (Å²) in [4.78, 5) is 20.6. The van der Waals surface area contributed by atoms with Crippen LogP contribution in [0.4, 0.5) is 13.2 Å². The summed E-state index contributed by atoms with van der Waals surface area (Å²) in [6.07, 6.45) is -1.65. The number of carbonyl (C=O) groups excluding carboxylic acids is 1. The van der Waals surface area contributed by atoms with Crippen LogP contribution in [0.25, 0.3) is 11.0 Å². The van der Waals surface area contributed by atoms with Crippen molar-refractivity contribution in [1.82, 2.24) is 14.9 Å². The Morgan fingerprint density at radius 1 is 1.36 bits per heavy atom. The lowest BCUT2D eigenvalue weighted by Gasteiger charge is -2.40. The predicted octanol–water partition coefficient (Wildman–Crippen LogP) is 4.64. The van der Waals surface area contributed by atoms with Crippen molar-refractivity contribution in [2.24, 2.45) is 5.92 Å². The summed E-state index contributed by atoms with van der Waals surface area (Å²) in [6.45, 7) is 7.21.